The minimum atomic E-state index is -0.515. The van der Waals surface area contributed by atoms with E-state index in [0.717, 1.165) is 10.9 Å². The van der Waals surface area contributed by atoms with Crippen LogP contribution in [0.25, 0.3) is 16.5 Å². The number of nitrogens with zero attached hydrogens (tertiary/aromatic N) is 2. The maximum absolute atomic E-state index is 12.1. The van der Waals surface area contributed by atoms with Gasteiger partial charge in [-0.3, -0.25) is 0 Å². The fourth-order valence-corrected chi connectivity index (χ4v) is 2.99. The van der Waals surface area contributed by atoms with E-state index >= 15 is 0 Å². The third kappa shape index (κ3) is 5.08. The fraction of sp³-hybridized carbons (Fsp3) is 0.208. The third-order valence-corrected chi connectivity index (χ3v) is 4.48. The van der Waals surface area contributed by atoms with Gasteiger partial charge >= 0.3 is 5.97 Å². The predicted octanol–water partition coefficient (Wildman–Crippen LogP) is 3.94. The van der Waals surface area contributed by atoms with Crippen LogP contribution >= 0.6 is 0 Å². The minimum Gasteiger partial charge on any atom is -0.503 e. The molecule has 0 fully saturated rings. The number of esters is 1. The van der Waals surface area contributed by atoms with E-state index in [1.165, 1.54) is 20.5 Å². The highest BCUT2D eigenvalue weighted by Crippen LogP contribution is 2.25. The number of rotatable bonds is 9. The summed E-state index contributed by atoms with van der Waals surface area (Å²) in [5.74, 6) is 2.49. The van der Waals surface area contributed by atoms with Gasteiger partial charge in [0.2, 0.25) is 0 Å². The fourth-order valence-electron chi connectivity index (χ4n) is 2.99. The van der Waals surface area contributed by atoms with Crippen LogP contribution < -0.4 is 4.74 Å². The average Bonchev–Trinajstić information content (AvgIpc) is 3.24. The Balaban J connectivity index is 1.78. The molecular weight excluding hydrogens is 412 g/mol. The van der Waals surface area contributed by atoms with Gasteiger partial charge in [-0.1, -0.05) is 40.5 Å². The van der Waals surface area contributed by atoms with Crippen molar-refractivity contribution in [1.29, 1.82) is 0 Å². The number of hydrogen-bond acceptors (Lipinski definition) is 8. The number of ether oxygens (including phenoxy) is 3. The smallest absolute Gasteiger partial charge is 0.341 e. The molecule has 0 saturated carbocycles. The highest BCUT2D eigenvalue weighted by Gasteiger charge is 2.17. The minimum absolute atomic E-state index is 0.116. The molecule has 1 heterocycles. The van der Waals surface area contributed by atoms with E-state index in [-0.39, 0.29) is 18.8 Å². The second-order valence-corrected chi connectivity index (χ2v) is 6.55. The highest BCUT2D eigenvalue weighted by atomic mass is 16.6. The molecule has 164 valence electrons. The van der Waals surface area contributed by atoms with Gasteiger partial charge in [0, 0.05) is 11.6 Å². The van der Waals surface area contributed by atoms with Crippen LogP contribution in [0, 0.1) is 12.3 Å². The summed E-state index contributed by atoms with van der Waals surface area (Å²) in [6.45, 7) is 2.04. The lowest BCUT2D eigenvalue weighted by molar-refractivity contribution is -0.133. The van der Waals surface area contributed by atoms with Crippen molar-refractivity contribution in [2.75, 3.05) is 20.8 Å². The van der Waals surface area contributed by atoms with E-state index in [9.17, 15) is 4.79 Å². The standard InChI is InChI=1S/C24H22N2O6/c1-5-12-30-18-10-11-20-22(13-18)32-26-23(20)16(2)25-31-14-17-8-6-7-9-19(17)21(15-28-3)24(27)29-4/h1,6-11,13,15H,12,14H2,2-4H3/b21-15+,25-16-. The average molecular weight is 434 g/mol. The van der Waals surface area contributed by atoms with Crippen molar-refractivity contribution in [2.24, 2.45) is 5.16 Å². The van der Waals surface area contributed by atoms with Crippen molar-refractivity contribution < 1.29 is 28.4 Å². The van der Waals surface area contributed by atoms with Crippen molar-refractivity contribution in [3.8, 4) is 18.1 Å². The van der Waals surface area contributed by atoms with Crippen molar-refractivity contribution in [2.45, 2.75) is 13.5 Å². The maximum atomic E-state index is 12.1. The number of fused-ring (bicyclic) bond motifs is 1. The molecule has 0 saturated heterocycles. The van der Waals surface area contributed by atoms with Crippen LogP contribution in [-0.2, 0) is 25.7 Å². The molecule has 8 nitrogen and oxygen atoms in total. The first-order chi connectivity index (χ1) is 15.6. The summed E-state index contributed by atoms with van der Waals surface area (Å²) in [6.07, 6.45) is 6.55. The lowest BCUT2D eigenvalue weighted by Gasteiger charge is -2.11. The zero-order valence-electron chi connectivity index (χ0n) is 18.0. The van der Waals surface area contributed by atoms with Crippen LogP contribution in [0.1, 0.15) is 23.7 Å². The van der Waals surface area contributed by atoms with Crippen LogP contribution in [0.5, 0.6) is 5.75 Å². The molecule has 0 radical (unpaired) electrons. The Morgan fingerprint density at radius 2 is 2.06 bits per heavy atom. The molecule has 0 N–H and O–H groups in total. The van der Waals surface area contributed by atoms with E-state index in [4.69, 9.17) is 30.0 Å². The lowest BCUT2D eigenvalue weighted by Crippen LogP contribution is -2.07. The van der Waals surface area contributed by atoms with Crippen molar-refractivity contribution in [1.82, 2.24) is 5.16 Å². The molecule has 0 aliphatic rings. The Bertz CT molecular complexity index is 1200. The van der Waals surface area contributed by atoms with E-state index in [1.807, 2.05) is 24.3 Å². The molecule has 0 bridgehead atoms. The van der Waals surface area contributed by atoms with Crippen LogP contribution in [0.4, 0.5) is 0 Å². The molecule has 2 aromatic carbocycles. The molecule has 0 aliphatic carbocycles. The molecule has 0 spiro atoms. The lowest BCUT2D eigenvalue weighted by atomic mass is 10.0. The Kier molecular flexibility index (Phi) is 7.49. The predicted molar refractivity (Wildman–Crippen MR) is 119 cm³/mol. The Labute approximate surface area is 185 Å². The number of terminal acetylenes is 1. The zero-order chi connectivity index (χ0) is 22.9. The number of carbonyl (C=O) groups is 1. The van der Waals surface area contributed by atoms with E-state index in [1.54, 1.807) is 25.1 Å². The monoisotopic (exact) mass is 434 g/mol. The molecule has 32 heavy (non-hydrogen) atoms. The second-order valence-electron chi connectivity index (χ2n) is 6.55. The Hall–Kier alpha value is -4.25. The molecule has 0 unspecified atom stereocenters. The largest absolute Gasteiger partial charge is 0.503 e. The number of hydrogen-bond donors (Lipinski definition) is 0. The molecule has 3 aromatic rings. The first kappa shape index (κ1) is 22.4. The van der Waals surface area contributed by atoms with Gasteiger partial charge < -0.3 is 23.6 Å². The summed E-state index contributed by atoms with van der Waals surface area (Å²) >= 11 is 0. The summed E-state index contributed by atoms with van der Waals surface area (Å²) in [6, 6.07) is 12.6. The van der Waals surface area contributed by atoms with Gasteiger partial charge in [-0.05, 0) is 24.6 Å². The number of methoxy groups -OCH3 is 2. The number of oxime groups is 1. The Morgan fingerprint density at radius 3 is 2.81 bits per heavy atom. The number of benzene rings is 2. The Morgan fingerprint density at radius 1 is 1.25 bits per heavy atom. The summed E-state index contributed by atoms with van der Waals surface area (Å²) in [7, 11) is 2.77. The summed E-state index contributed by atoms with van der Waals surface area (Å²) in [4.78, 5) is 17.7. The quantitative estimate of drug-likeness (QED) is 0.126. The van der Waals surface area contributed by atoms with E-state index < -0.39 is 5.97 Å². The SMILES string of the molecule is C#CCOc1ccc2c(/C(C)=N\OCc3ccccc3/C(=C\OC)C(=O)OC)noc2c1. The summed E-state index contributed by atoms with van der Waals surface area (Å²) in [5.41, 5.74) is 3.26. The van der Waals surface area contributed by atoms with Gasteiger partial charge in [0.25, 0.3) is 0 Å². The summed E-state index contributed by atoms with van der Waals surface area (Å²) < 4.78 is 20.6. The van der Waals surface area contributed by atoms with Gasteiger partial charge in [0.1, 0.15) is 35.9 Å². The van der Waals surface area contributed by atoms with Crippen molar-refractivity contribution >= 4 is 28.2 Å². The molecule has 8 heteroatoms. The number of carbonyl (C=O) groups excluding carboxylic acids is 1. The van der Waals surface area contributed by atoms with E-state index in [2.05, 4.69) is 16.2 Å². The maximum Gasteiger partial charge on any atom is 0.341 e. The van der Waals surface area contributed by atoms with Crippen LogP contribution in [0.2, 0.25) is 0 Å². The summed E-state index contributed by atoms with van der Waals surface area (Å²) in [5, 5.41) is 9.01. The zero-order valence-corrected chi connectivity index (χ0v) is 18.0. The van der Waals surface area contributed by atoms with E-state index in [0.29, 0.717) is 28.3 Å². The molecule has 1 aromatic heterocycles. The van der Waals surface area contributed by atoms with Gasteiger partial charge in [-0.15, -0.1) is 6.42 Å². The molecule has 3 rings (SSSR count). The molecular formula is C24H22N2O6. The van der Waals surface area contributed by atoms with Gasteiger partial charge in [0.15, 0.2) is 5.58 Å². The van der Waals surface area contributed by atoms with Crippen molar-refractivity contribution in [3.63, 3.8) is 0 Å². The molecule has 0 atom stereocenters. The first-order valence-corrected chi connectivity index (χ1v) is 9.61. The normalized spacial score (nSPS) is 11.7. The van der Waals surface area contributed by atoms with Gasteiger partial charge in [-0.2, -0.15) is 0 Å². The van der Waals surface area contributed by atoms with Gasteiger partial charge in [-0.25, -0.2) is 4.79 Å². The van der Waals surface area contributed by atoms with Crippen LogP contribution in [0.3, 0.4) is 0 Å². The second kappa shape index (κ2) is 10.7. The molecule has 0 amide bonds. The first-order valence-electron chi connectivity index (χ1n) is 9.61. The van der Waals surface area contributed by atoms with Crippen molar-refractivity contribution in [3.05, 3.63) is 65.5 Å². The van der Waals surface area contributed by atoms with Gasteiger partial charge in [0.05, 0.1) is 25.9 Å². The number of aromatic nitrogens is 1. The molecule has 0 aliphatic heterocycles. The highest BCUT2D eigenvalue weighted by molar-refractivity contribution is 6.16. The van der Waals surface area contributed by atoms with Crippen LogP contribution in [-0.4, -0.2) is 37.7 Å². The third-order valence-electron chi connectivity index (χ3n) is 4.48. The topological polar surface area (TPSA) is 92.4 Å². The van der Waals surface area contributed by atoms with Crippen LogP contribution in [0.15, 0.2) is 58.4 Å².